The highest BCUT2D eigenvalue weighted by molar-refractivity contribution is 6.32. The van der Waals surface area contributed by atoms with Gasteiger partial charge in [0.05, 0.1) is 0 Å². The second kappa shape index (κ2) is 3.71. The molecule has 1 aliphatic carbocycles. The molecule has 0 spiro atoms. The molecule has 2 rings (SSSR count). The van der Waals surface area contributed by atoms with E-state index in [-0.39, 0.29) is 5.54 Å². The number of halogens is 1. The van der Waals surface area contributed by atoms with Crippen molar-refractivity contribution < 1.29 is 0 Å². The lowest BCUT2D eigenvalue weighted by molar-refractivity contribution is 0.452. The molecule has 1 fully saturated rings. The second-order valence-corrected chi connectivity index (χ2v) is 5.14. The van der Waals surface area contributed by atoms with Crippen molar-refractivity contribution in [3.63, 3.8) is 0 Å². The summed E-state index contributed by atoms with van der Waals surface area (Å²) in [6, 6.07) is 0. The van der Waals surface area contributed by atoms with Crippen LogP contribution in [0.15, 0.2) is 6.20 Å². The quantitative estimate of drug-likeness (QED) is 0.775. The maximum absolute atomic E-state index is 6.16. The molecule has 1 aromatic heterocycles. The largest absolute Gasteiger partial charge is 0.352 e. The molecule has 0 atom stereocenters. The van der Waals surface area contributed by atoms with Gasteiger partial charge in [-0.05, 0) is 19.8 Å². The average molecular weight is 228 g/mol. The van der Waals surface area contributed by atoms with Gasteiger partial charge >= 0.3 is 0 Å². The first-order chi connectivity index (χ1) is 7.03. The summed E-state index contributed by atoms with van der Waals surface area (Å²) in [7, 11) is 4.00. The highest BCUT2D eigenvalue weighted by atomic mass is 35.5. The molecule has 0 N–H and O–H groups in total. The highest BCUT2D eigenvalue weighted by Gasteiger charge is 2.34. The Bertz CT molecular complexity index is 353. The number of anilines is 1. The summed E-state index contributed by atoms with van der Waals surface area (Å²) in [6.45, 7) is 2.30. The minimum Gasteiger partial charge on any atom is -0.352 e. The van der Waals surface area contributed by atoms with Gasteiger partial charge in [-0.3, -0.25) is 4.68 Å². The van der Waals surface area contributed by atoms with Crippen LogP contribution in [0.2, 0.25) is 5.02 Å². The van der Waals surface area contributed by atoms with Crippen molar-refractivity contribution in [1.82, 2.24) is 9.78 Å². The number of hydrogen-bond acceptors (Lipinski definition) is 2. The van der Waals surface area contributed by atoms with Gasteiger partial charge in [0.2, 0.25) is 0 Å². The third kappa shape index (κ3) is 1.85. The van der Waals surface area contributed by atoms with Crippen molar-refractivity contribution in [3.8, 4) is 0 Å². The van der Waals surface area contributed by atoms with Crippen molar-refractivity contribution in [2.24, 2.45) is 7.05 Å². The van der Waals surface area contributed by atoms with Crippen molar-refractivity contribution in [2.75, 3.05) is 11.9 Å². The van der Waals surface area contributed by atoms with Crippen LogP contribution in [-0.2, 0) is 7.05 Å². The lowest BCUT2D eigenvalue weighted by atomic mass is 9.99. The normalized spacial score (nSPS) is 19.5. The fourth-order valence-corrected chi connectivity index (χ4v) is 2.71. The van der Waals surface area contributed by atoms with Gasteiger partial charge < -0.3 is 4.90 Å². The summed E-state index contributed by atoms with van der Waals surface area (Å²) in [5.41, 5.74) is 0.234. The minimum atomic E-state index is 0.234. The smallest absolute Gasteiger partial charge is 0.169 e. The molecule has 84 valence electrons. The molecular weight excluding hydrogens is 210 g/mol. The van der Waals surface area contributed by atoms with Crippen LogP contribution in [0.3, 0.4) is 0 Å². The zero-order valence-electron chi connectivity index (χ0n) is 9.63. The Labute approximate surface area is 96.0 Å². The minimum absolute atomic E-state index is 0.234. The molecular formula is C11H18ClN3. The topological polar surface area (TPSA) is 21.1 Å². The predicted octanol–water partition coefficient (Wildman–Crippen LogP) is 2.84. The Kier molecular flexibility index (Phi) is 2.67. The number of nitrogens with zero attached hydrogens (tertiary/aromatic N) is 3. The molecule has 0 unspecified atom stereocenters. The molecule has 0 radical (unpaired) electrons. The van der Waals surface area contributed by atoms with E-state index < -0.39 is 0 Å². The Morgan fingerprint density at radius 1 is 1.47 bits per heavy atom. The zero-order valence-corrected chi connectivity index (χ0v) is 10.4. The van der Waals surface area contributed by atoms with Crippen molar-refractivity contribution in [3.05, 3.63) is 11.2 Å². The van der Waals surface area contributed by atoms with Gasteiger partial charge in [-0.25, -0.2) is 0 Å². The molecule has 4 heteroatoms. The fraction of sp³-hybridized carbons (Fsp3) is 0.727. The monoisotopic (exact) mass is 227 g/mol. The zero-order chi connectivity index (χ0) is 11.1. The van der Waals surface area contributed by atoms with Gasteiger partial charge in [-0.15, -0.1) is 0 Å². The lowest BCUT2D eigenvalue weighted by Crippen LogP contribution is -2.41. The SMILES string of the molecule is CN(c1nn(C)cc1Cl)C1(C)CCCC1. The van der Waals surface area contributed by atoms with Gasteiger partial charge in [0.25, 0.3) is 0 Å². The first-order valence-corrected chi connectivity index (χ1v) is 5.84. The van der Waals surface area contributed by atoms with Gasteiger partial charge in [0.1, 0.15) is 5.02 Å². The third-order valence-corrected chi connectivity index (χ3v) is 3.84. The Hall–Kier alpha value is -0.700. The molecule has 15 heavy (non-hydrogen) atoms. The van der Waals surface area contributed by atoms with E-state index in [1.165, 1.54) is 25.7 Å². The van der Waals surface area contributed by atoms with Crippen LogP contribution in [0, 0.1) is 0 Å². The van der Waals surface area contributed by atoms with Crippen LogP contribution in [0.1, 0.15) is 32.6 Å². The van der Waals surface area contributed by atoms with Crippen LogP contribution in [0.25, 0.3) is 0 Å². The maximum Gasteiger partial charge on any atom is 0.169 e. The molecule has 1 aliphatic rings. The third-order valence-electron chi connectivity index (χ3n) is 3.57. The molecule has 0 aromatic carbocycles. The number of rotatable bonds is 2. The number of hydrogen-bond donors (Lipinski definition) is 0. The molecule has 0 bridgehead atoms. The van der Waals surface area contributed by atoms with Crippen LogP contribution in [0.4, 0.5) is 5.82 Å². The molecule has 0 aliphatic heterocycles. The van der Waals surface area contributed by atoms with Gasteiger partial charge in [0.15, 0.2) is 5.82 Å². The average Bonchev–Trinajstić information content (AvgIpc) is 2.73. The van der Waals surface area contributed by atoms with E-state index in [4.69, 9.17) is 11.6 Å². The van der Waals surface area contributed by atoms with E-state index >= 15 is 0 Å². The van der Waals surface area contributed by atoms with Crippen LogP contribution in [0.5, 0.6) is 0 Å². The van der Waals surface area contributed by atoms with Crippen molar-refractivity contribution >= 4 is 17.4 Å². The number of aromatic nitrogens is 2. The summed E-state index contributed by atoms with van der Waals surface area (Å²) in [5.74, 6) is 0.906. The van der Waals surface area contributed by atoms with Crippen LogP contribution in [-0.4, -0.2) is 22.4 Å². The van der Waals surface area contributed by atoms with Gasteiger partial charge in [0, 0.05) is 25.8 Å². The van der Waals surface area contributed by atoms with E-state index in [1.54, 1.807) is 4.68 Å². The van der Waals surface area contributed by atoms with Crippen LogP contribution >= 0.6 is 11.6 Å². The summed E-state index contributed by atoms with van der Waals surface area (Å²) >= 11 is 6.16. The van der Waals surface area contributed by atoms with Gasteiger partial charge in [-0.1, -0.05) is 24.4 Å². The Balaban J connectivity index is 2.27. The second-order valence-electron chi connectivity index (χ2n) is 4.74. The summed E-state index contributed by atoms with van der Waals surface area (Å²) in [4.78, 5) is 2.24. The van der Waals surface area contributed by atoms with Crippen molar-refractivity contribution in [1.29, 1.82) is 0 Å². The lowest BCUT2D eigenvalue weighted by Gasteiger charge is -2.35. The first kappa shape index (κ1) is 10.8. The summed E-state index contributed by atoms with van der Waals surface area (Å²) in [5, 5.41) is 5.15. The summed E-state index contributed by atoms with van der Waals surface area (Å²) in [6.07, 6.45) is 6.94. The van der Waals surface area contributed by atoms with E-state index in [0.717, 1.165) is 10.8 Å². The van der Waals surface area contributed by atoms with E-state index in [0.29, 0.717) is 0 Å². The molecule has 0 saturated heterocycles. The first-order valence-electron chi connectivity index (χ1n) is 5.46. The van der Waals surface area contributed by atoms with Crippen molar-refractivity contribution in [2.45, 2.75) is 38.1 Å². The molecule has 0 amide bonds. The fourth-order valence-electron chi connectivity index (χ4n) is 2.40. The Morgan fingerprint density at radius 3 is 2.53 bits per heavy atom. The number of aryl methyl sites for hydroxylation is 1. The molecule has 1 aromatic rings. The van der Waals surface area contributed by atoms with E-state index in [2.05, 4.69) is 24.0 Å². The highest BCUT2D eigenvalue weighted by Crippen LogP contribution is 2.38. The van der Waals surface area contributed by atoms with Crippen LogP contribution < -0.4 is 4.90 Å². The molecule has 1 saturated carbocycles. The van der Waals surface area contributed by atoms with Gasteiger partial charge in [-0.2, -0.15) is 5.10 Å². The maximum atomic E-state index is 6.16. The predicted molar refractivity (Wildman–Crippen MR) is 63.5 cm³/mol. The molecule has 1 heterocycles. The standard InChI is InChI=1S/C11H18ClN3/c1-11(6-4-5-7-11)15(3)10-9(12)8-14(2)13-10/h8H,4-7H2,1-3H3. The molecule has 3 nitrogen and oxygen atoms in total. The van der Waals surface area contributed by atoms with E-state index in [9.17, 15) is 0 Å². The Morgan fingerprint density at radius 2 is 2.07 bits per heavy atom. The summed E-state index contributed by atoms with van der Waals surface area (Å²) < 4.78 is 1.77. The van der Waals surface area contributed by atoms with E-state index in [1.807, 2.05) is 13.2 Å².